The highest BCUT2D eigenvalue weighted by molar-refractivity contribution is 5.98. The summed E-state index contributed by atoms with van der Waals surface area (Å²) in [5.74, 6) is -1.72. The van der Waals surface area contributed by atoms with Gasteiger partial charge in [-0.15, -0.1) is 0 Å². The molecule has 1 fully saturated rings. The second-order valence-electron chi connectivity index (χ2n) is 7.30. The number of carboxylic acid groups (broad SMARTS) is 1. The number of carbonyl (C=O) groups excluding carboxylic acids is 2. The van der Waals surface area contributed by atoms with Gasteiger partial charge in [0.1, 0.15) is 23.0 Å². The molecule has 2 aromatic rings. The molecule has 1 saturated heterocycles. The van der Waals surface area contributed by atoms with Crippen LogP contribution in [-0.4, -0.2) is 53.1 Å². The fraction of sp³-hybridized carbons (Fsp3) is 0.318. The number of methoxy groups -OCH3 is 1. The molecule has 0 unspecified atom stereocenters. The molecule has 0 bridgehead atoms. The van der Waals surface area contributed by atoms with Gasteiger partial charge < -0.3 is 19.5 Å². The smallest absolute Gasteiger partial charge is 0.341 e. The fourth-order valence-electron chi connectivity index (χ4n) is 3.54. The zero-order chi connectivity index (χ0) is 21.2. The molecule has 7 nitrogen and oxygen atoms in total. The number of nitrogens with zero attached hydrogens (tertiary/aromatic N) is 1. The third kappa shape index (κ3) is 3.94. The number of aryl methyl sites for hydroxylation is 1. The Morgan fingerprint density at radius 1 is 1.14 bits per heavy atom. The predicted octanol–water partition coefficient (Wildman–Crippen LogP) is 2.92. The summed E-state index contributed by atoms with van der Waals surface area (Å²) in [6.07, 6.45) is -0.495. The minimum absolute atomic E-state index is 0.0883. The van der Waals surface area contributed by atoms with Crippen molar-refractivity contribution in [3.8, 4) is 5.75 Å². The Hall–Kier alpha value is -3.35. The summed E-state index contributed by atoms with van der Waals surface area (Å²) in [5, 5.41) is 9.82. The molecule has 1 N–H and O–H groups in total. The molecule has 29 heavy (non-hydrogen) atoms. The number of benzene rings is 2. The highest BCUT2D eigenvalue weighted by atomic mass is 16.5. The summed E-state index contributed by atoms with van der Waals surface area (Å²) < 4.78 is 10.8. The Bertz CT molecular complexity index is 942. The van der Waals surface area contributed by atoms with Gasteiger partial charge in [-0.2, -0.15) is 0 Å². The highest BCUT2D eigenvalue weighted by Crippen LogP contribution is 2.34. The molecule has 2 atom stereocenters. The van der Waals surface area contributed by atoms with Crippen molar-refractivity contribution in [3.63, 3.8) is 0 Å². The molecule has 1 amide bonds. The number of esters is 1. The third-order valence-corrected chi connectivity index (χ3v) is 5.17. The van der Waals surface area contributed by atoms with Gasteiger partial charge >= 0.3 is 11.9 Å². The number of aliphatic carboxylic acids is 1. The number of ether oxygens (including phenoxy) is 2. The second kappa shape index (κ2) is 7.95. The van der Waals surface area contributed by atoms with Gasteiger partial charge in [0, 0.05) is 12.0 Å². The van der Waals surface area contributed by atoms with Gasteiger partial charge in [0.2, 0.25) is 0 Å². The summed E-state index contributed by atoms with van der Waals surface area (Å²) in [5.41, 5.74) is 0.109. The Kier molecular flexibility index (Phi) is 5.59. The molecule has 1 heterocycles. The molecule has 3 rings (SSSR count). The molecular weight excluding hydrogens is 374 g/mol. The monoisotopic (exact) mass is 397 g/mol. The lowest BCUT2D eigenvalue weighted by Gasteiger charge is -2.30. The van der Waals surface area contributed by atoms with Crippen LogP contribution in [-0.2, 0) is 9.53 Å². The molecule has 0 spiro atoms. The van der Waals surface area contributed by atoms with Crippen LogP contribution < -0.4 is 4.74 Å². The SMILES string of the molecule is COC(=O)c1cc(C)ccc1O[C@@H]1CN(C(=O)c2ccccc2)[C@](C)(C(=O)O)C1. The predicted molar refractivity (Wildman–Crippen MR) is 105 cm³/mol. The van der Waals surface area contributed by atoms with Crippen molar-refractivity contribution in [3.05, 3.63) is 65.2 Å². The van der Waals surface area contributed by atoms with Crippen molar-refractivity contribution in [1.29, 1.82) is 0 Å². The first-order valence-corrected chi connectivity index (χ1v) is 9.22. The van der Waals surface area contributed by atoms with Crippen molar-refractivity contribution >= 4 is 17.8 Å². The Labute approximate surface area is 168 Å². The van der Waals surface area contributed by atoms with Crippen LogP contribution in [0, 0.1) is 6.92 Å². The van der Waals surface area contributed by atoms with Crippen LogP contribution >= 0.6 is 0 Å². The van der Waals surface area contributed by atoms with Crippen LogP contribution in [0.25, 0.3) is 0 Å². The van der Waals surface area contributed by atoms with Crippen molar-refractivity contribution in [2.24, 2.45) is 0 Å². The van der Waals surface area contributed by atoms with E-state index < -0.39 is 23.6 Å². The molecule has 0 radical (unpaired) electrons. The number of hydrogen-bond acceptors (Lipinski definition) is 5. The molecule has 0 aromatic heterocycles. The van der Waals surface area contributed by atoms with Gasteiger partial charge in [-0.25, -0.2) is 9.59 Å². The molecule has 0 saturated carbocycles. The minimum atomic E-state index is -1.42. The van der Waals surface area contributed by atoms with Gasteiger partial charge in [0.25, 0.3) is 5.91 Å². The lowest BCUT2D eigenvalue weighted by molar-refractivity contribution is -0.147. The van der Waals surface area contributed by atoms with E-state index in [1.807, 2.05) is 6.92 Å². The Morgan fingerprint density at radius 3 is 2.45 bits per heavy atom. The number of carbonyl (C=O) groups is 3. The molecule has 0 aliphatic carbocycles. The van der Waals surface area contributed by atoms with Crippen LogP contribution in [0.3, 0.4) is 0 Å². The topological polar surface area (TPSA) is 93.1 Å². The Balaban J connectivity index is 1.89. The maximum Gasteiger partial charge on any atom is 0.341 e. The van der Waals surface area contributed by atoms with E-state index in [0.29, 0.717) is 11.3 Å². The summed E-state index contributed by atoms with van der Waals surface area (Å²) >= 11 is 0. The molecule has 2 aromatic carbocycles. The highest BCUT2D eigenvalue weighted by Gasteiger charge is 2.51. The minimum Gasteiger partial charge on any atom is -0.488 e. The van der Waals surface area contributed by atoms with Crippen LogP contribution in [0.5, 0.6) is 5.75 Å². The third-order valence-electron chi connectivity index (χ3n) is 5.17. The van der Waals surface area contributed by atoms with E-state index in [9.17, 15) is 19.5 Å². The van der Waals surface area contributed by atoms with Crippen molar-refractivity contribution in [1.82, 2.24) is 4.90 Å². The van der Waals surface area contributed by atoms with E-state index in [-0.39, 0.29) is 24.4 Å². The van der Waals surface area contributed by atoms with Gasteiger partial charge in [-0.1, -0.05) is 29.8 Å². The van der Waals surface area contributed by atoms with Crippen LogP contribution in [0.1, 0.15) is 39.6 Å². The average Bonchev–Trinajstić information content (AvgIpc) is 3.06. The van der Waals surface area contributed by atoms with E-state index in [0.717, 1.165) is 5.56 Å². The maximum atomic E-state index is 13.0. The van der Waals surface area contributed by atoms with Crippen LogP contribution in [0.2, 0.25) is 0 Å². The molecule has 152 valence electrons. The first-order chi connectivity index (χ1) is 13.8. The van der Waals surface area contributed by atoms with Crippen molar-refractivity contribution in [2.75, 3.05) is 13.7 Å². The number of amides is 1. The number of hydrogen-bond donors (Lipinski definition) is 1. The lowest BCUT2D eigenvalue weighted by Crippen LogP contribution is -2.50. The zero-order valence-electron chi connectivity index (χ0n) is 16.5. The van der Waals surface area contributed by atoms with E-state index >= 15 is 0 Å². The number of carboxylic acids is 1. The van der Waals surface area contributed by atoms with Crippen LogP contribution in [0.4, 0.5) is 0 Å². The standard InChI is InChI=1S/C22H23NO6/c1-14-9-10-18(17(11-14)20(25)28-3)29-16-12-22(2,21(26)27)23(13-16)19(24)15-7-5-4-6-8-15/h4-11,16H,12-13H2,1-3H3,(H,26,27)/t16-,22-/m0/s1. The second-order valence-corrected chi connectivity index (χ2v) is 7.30. The fourth-order valence-corrected chi connectivity index (χ4v) is 3.54. The largest absolute Gasteiger partial charge is 0.488 e. The summed E-state index contributed by atoms with van der Waals surface area (Å²) in [7, 11) is 1.28. The lowest BCUT2D eigenvalue weighted by atomic mass is 9.97. The Morgan fingerprint density at radius 2 is 1.83 bits per heavy atom. The average molecular weight is 397 g/mol. The van der Waals surface area contributed by atoms with E-state index in [1.54, 1.807) is 48.5 Å². The van der Waals surface area contributed by atoms with Gasteiger partial charge in [-0.3, -0.25) is 4.79 Å². The molecule has 1 aliphatic heterocycles. The summed E-state index contributed by atoms with van der Waals surface area (Å²) in [4.78, 5) is 38.4. The van der Waals surface area contributed by atoms with Crippen molar-refractivity contribution in [2.45, 2.75) is 31.9 Å². The van der Waals surface area contributed by atoms with Crippen LogP contribution in [0.15, 0.2) is 48.5 Å². The first kappa shape index (κ1) is 20.4. The van der Waals surface area contributed by atoms with Gasteiger partial charge in [0.05, 0.1) is 13.7 Å². The van der Waals surface area contributed by atoms with E-state index in [2.05, 4.69) is 0 Å². The first-order valence-electron chi connectivity index (χ1n) is 9.22. The molecule has 7 heteroatoms. The summed E-state index contributed by atoms with van der Waals surface area (Å²) in [6, 6.07) is 13.6. The van der Waals surface area contributed by atoms with E-state index in [1.165, 1.54) is 18.9 Å². The van der Waals surface area contributed by atoms with Gasteiger partial charge in [0.15, 0.2) is 0 Å². The van der Waals surface area contributed by atoms with Crippen molar-refractivity contribution < 1.29 is 29.0 Å². The number of rotatable bonds is 5. The zero-order valence-corrected chi connectivity index (χ0v) is 16.5. The maximum absolute atomic E-state index is 13.0. The summed E-state index contributed by atoms with van der Waals surface area (Å²) in [6.45, 7) is 3.44. The van der Waals surface area contributed by atoms with E-state index in [4.69, 9.17) is 9.47 Å². The van der Waals surface area contributed by atoms with Gasteiger partial charge in [-0.05, 0) is 38.1 Å². The molecule has 1 aliphatic rings. The number of likely N-dealkylation sites (tertiary alicyclic amines) is 1. The quantitative estimate of drug-likeness (QED) is 0.780. The normalized spacial score (nSPS) is 20.9. The molecular formula is C22H23NO6.